The average Bonchev–Trinajstić information content (AvgIpc) is 2.84. The summed E-state index contributed by atoms with van der Waals surface area (Å²) in [6.07, 6.45) is 1.50. The summed E-state index contributed by atoms with van der Waals surface area (Å²) in [4.78, 5) is 11.6. The van der Waals surface area contributed by atoms with Gasteiger partial charge in [0, 0.05) is 31.5 Å². The van der Waals surface area contributed by atoms with Crippen molar-refractivity contribution < 1.29 is 9.53 Å². The molecule has 1 aliphatic heterocycles. The highest BCUT2D eigenvalue weighted by atomic mass is 16.5. The molecule has 1 amide bonds. The van der Waals surface area contributed by atoms with Gasteiger partial charge in [-0.25, -0.2) is 0 Å². The fourth-order valence-corrected chi connectivity index (χ4v) is 2.39. The minimum atomic E-state index is 0.0991. The molecule has 1 atom stereocenters. The first kappa shape index (κ1) is 14.9. The molecule has 0 spiro atoms. The van der Waals surface area contributed by atoms with Crippen molar-refractivity contribution in [3.8, 4) is 5.75 Å². The Bertz CT molecular complexity index is 472. The Hall–Kier alpha value is -1.55. The Morgan fingerprint density at radius 3 is 2.90 bits per heavy atom. The summed E-state index contributed by atoms with van der Waals surface area (Å²) in [5.41, 5.74) is 2.53. The second-order valence-electron chi connectivity index (χ2n) is 5.61. The molecule has 1 unspecified atom stereocenters. The van der Waals surface area contributed by atoms with E-state index in [1.54, 1.807) is 0 Å². The SMILES string of the molecule is CC(C)NC(=O)CCNC(C)c1ccc2c(c1)CCO2. The third kappa shape index (κ3) is 3.97. The molecule has 110 valence electrons. The third-order valence-electron chi connectivity index (χ3n) is 3.47. The van der Waals surface area contributed by atoms with E-state index in [4.69, 9.17) is 4.74 Å². The first-order valence-corrected chi connectivity index (χ1v) is 7.34. The summed E-state index contributed by atoms with van der Waals surface area (Å²) in [5, 5.41) is 6.29. The molecule has 4 nitrogen and oxygen atoms in total. The van der Waals surface area contributed by atoms with Crippen molar-refractivity contribution in [1.82, 2.24) is 10.6 Å². The first-order chi connectivity index (χ1) is 9.56. The van der Waals surface area contributed by atoms with Crippen LogP contribution in [0.25, 0.3) is 0 Å². The zero-order chi connectivity index (χ0) is 14.5. The lowest BCUT2D eigenvalue weighted by atomic mass is 10.0. The molecule has 1 aliphatic rings. The molecule has 0 bridgehead atoms. The molecule has 20 heavy (non-hydrogen) atoms. The van der Waals surface area contributed by atoms with Crippen molar-refractivity contribution in [2.24, 2.45) is 0 Å². The number of fused-ring (bicyclic) bond motifs is 1. The van der Waals surface area contributed by atoms with E-state index in [0.29, 0.717) is 13.0 Å². The highest BCUT2D eigenvalue weighted by molar-refractivity contribution is 5.76. The molecule has 0 saturated heterocycles. The van der Waals surface area contributed by atoms with Crippen LogP contribution in [0.1, 0.15) is 44.4 Å². The van der Waals surface area contributed by atoms with Gasteiger partial charge in [-0.1, -0.05) is 12.1 Å². The Balaban J connectivity index is 1.80. The van der Waals surface area contributed by atoms with Crippen LogP contribution < -0.4 is 15.4 Å². The number of amides is 1. The quantitative estimate of drug-likeness (QED) is 0.837. The molecule has 0 aliphatic carbocycles. The van der Waals surface area contributed by atoms with Gasteiger partial charge in [0.2, 0.25) is 5.91 Å². The molecular weight excluding hydrogens is 252 g/mol. The van der Waals surface area contributed by atoms with Crippen molar-refractivity contribution >= 4 is 5.91 Å². The Labute approximate surface area is 120 Å². The van der Waals surface area contributed by atoms with Crippen molar-refractivity contribution in [1.29, 1.82) is 0 Å². The van der Waals surface area contributed by atoms with Crippen LogP contribution in [-0.4, -0.2) is 25.1 Å². The van der Waals surface area contributed by atoms with Crippen LogP contribution in [0.3, 0.4) is 0 Å². The van der Waals surface area contributed by atoms with Gasteiger partial charge in [-0.2, -0.15) is 0 Å². The lowest BCUT2D eigenvalue weighted by Crippen LogP contribution is -2.33. The van der Waals surface area contributed by atoms with Crippen molar-refractivity contribution in [2.75, 3.05) is 13.2 Å². The van der Waals surface area contributed by atoms with Gasteiger partial charge in [0.15, 0.2) is 0 Å². The molecule has 2 N–H and O–H groups in total. The van der Waals surface area contributed by atoms with E-state index in [0.717, 1.165) is 18.8 Å². The Kier molecular flexibility index (Phi) is 5.01. The second kappa shape index (κ2) is 6.75. The van der Waals surface area contributed by atoms with Gasteiger partial charge in [-0.3, -0.25) is 4.79 Å². The van der Waals surface area contributed by atoms with Crippen molar-refractivity contribution in [3.63, 3.8) is 0 Å². The zero-order valence-electron chi connectivity index (χ0n) is 12.5. The maximum Gasteiger partial charge on any atom is 0.221 e. The summed E-state index contributed by atoms with van der Waals surface area (Å²) in [5.74, 6) is 1.11. The average molecular weight is 276 g/mol. The van der Waals surface area contributed by atoms with Crippen LogP contribution in [-0.2, 0) is 11.2 Å². The molecule has 2 rings (SSSR count). The molecular formula is C16H24N2O2. The number of carbonyl (C=O) groups is 1. The maximum atomic E-state index is 11.6. The Morgan fingerprint density at radius 2 is 2.15 bits per heavy atom. The molecule has 0 radical (unpaired) electrons. The minimum absolute atomic E-state index is 0.0991. The molecule has 0 fully saturated rings. The minimum Gasteiger partial charge on any atom is -0.493 e. The summed E-state index contributed by atoms with van der Waals surface area (Å²) < 4.78 is 5.51. The molecule has 0 aromatic heterocycles. The molecule has 0 saturated carbocycles. The maximum absolute atomic E-state index is 11.6. The monoisotopic (exact) mass is 276 g/mol. The lowest BCUT2D eigenvalue weighted by molar-refractivity contribution is -0.121. The topological polar surface area (TPSA) is 50.4 Å². The van der Waals surface area contributed by atoms with E-state index in [1.807, 2.05) is 19.9 Å². The van der Waals surface area contributed by atoms with Crippen LogP contribution in [0.2, 0.25) is 0 Å². The normalized spacial score (nSPS) is 14.8. The number of hydrogen-bond donors (Lipinski definition) is 2. The predicted octanol–water partition coefficient (Wildman–Crippen LogP) is 2.19. The molecule has 1 heterocycles. The molecule has 1 aromatic rings. The summed E-state index contributed by atoms with van der Waals surface area (Å²) in [6.45, 7) is 7.54. The van der Waals surface area contributed by atoms with Crippen molar-refractivity contribution in [3.05, 3.63) is 29.3 Å². The smallest absolute Gasteiger partial charge is 0.221 e. The van der Waals surface area contributed by atoms with E-state index in [-0.39, 0.29) is 18.0 Å². The van der Waals surface area contributed by atoms with Crippen LogP contribution in [0.4, 0.5) is 0 Å². The van der Waals surface area contributed by atoms with Crippen LogP contribution in [0, 0.1) is 0 Å². The van der Waals surface area contributed by atoms with Crippen LogP contribution in [0.5, 0.6) is 5.75 Å². The highest BCUT2D eigenvalue weighted by Gasteiger charge is 2.14. The summed E-state index contributed by atoms with van der Waals surface area (Å²) in [7, 11) is 0. The van der Waals surface area contributed by atoms with E-state index >= 15 is 0 Å². The summed E-state index contributed by atoms with van der Waals surface area (Å²) in [6, 6.07) is 6.79. The molecule has 4 heteroatoms. The summed E-state index contributed by atoms with van der Waals surface area (Å²) >= 11 is 0. The van der Waals surface area contributed by atoms with E-state index in [9.17, 15) is 4.79 Å². The largest absolute Gasteiger partial charge is 0.493 e. The van der Waals surface area contributed by atoms with E-state index < -0.39 is 0 Å². The van der Waals surface area contributed by atoms with Gasteiger partial charge in [0.25, 0.3) is 0 Å². The third-order valence-corrected chi connectivity index (χ3v) is 3.47. The second-order valence-corrected chi connectivity index (χ2v) is 5.61. The number of ether oxygens (including phenoxy) is 1. The Morgan fingerprint density at radius 1 is 1.35 bits per heavy atom. The van der Waals surface area contributed by atoms with Gasteiger partial charge >= 0.3 is 0 Å². The van der Waals surface area contributed by atoms with Gasteiger partial charge < -0.3 is 15.4 Å². The van der Waals surface area contributed by atoms with Crippen molar-refractivity contribution in [2.45, 2.75) is 45.7 Å². The number of hydrogen-bond acceptors (Lipinski definition) is 3. The van der Waals surface area contributed by atoms with E-state index in [2.05, 4.69) is 29.7 Å². The lowest BCUT2D eigenvalue weighted by Gasteiger charge is -2.15. The number of rotatable bonds is 6. The van der Waals surface area contributed by atoms with Crippen LogP contribution >= 0.6 is 0 Å². The van der Waals surface area contributed by atoms with E-state index in [1.165, 1.54) is 11.1 Å². The number of benzene rings is 1. The standard InChI is InChI=1S/C16H24N2O2/c1-11(2)18-16(19)6-8-17-12(3)13-4-5-15-14(10-13)7-9-20-15/h4-5,10-12,17H,6-9H2,1-3H3,(H,18,19). The fraction of sp³-hybridized carbons (Fsp3) is 0.562. The molecule has 1 aromatic carbocycles. The number of nitrogens with one attached hydrogen (secondary N) is 2. The first-order valence-electron chi connectivity index (χ1n) is 7.34. The fourth-order valence-electron chi connectivity index (χ4n) is 2.39. The van der Waals surface area contributed by atoms with Gasteiger partial charge in [-0.15, -0.1) is 0 Å². The predicted molar refractivity (Wildman–Crippen MR) is 80.0 cm³/mol. The van der Waals surface area contributed by atoms with Gasteiger partial charge in [0.1, 0.15) is 5.75 Å². The van der Waals surface area contributed by atoms with Crippen LogP contribution in [0.15, 0.2) is 18.2 Å². The van der Waals surface area contributed by atoms with Gasteiger partial charge in [0.05, 0.1) is 6.61 Å². The van der Waals surface area contributed by atoms with Gasteiger partial charge in [-0.05, 0) is 38.0 Å². The number of carbonyl (C=O) groups excluding carboxylic acids is 1. The zero-order valence-corrected chi connectivity index (χ0v) is 12.5. The highest BCUT2D eigenvalue weighted by Crippen LogP contribution is 2.27.